The standard InChI is InChI=1S/C24H40N4O4/c1-7-16(6)21(28(8-2)9-3)24(32)27-22(30)19(26-23(31)20(25)15(4)5)14-17-10-12-18(29)13-11-17/h10-13,15-16,19-21,29H,7-9,14,25H2,1-6H3,(H,26,31)(H,27,30,32)/t16-,19-,20-,21-/m0/s1. The zero-order valence-electron chi connectivity index (χ0n) is 20.2. The Labute approximate surface area is 191 Å². The highest BCUT2D eigenvalue weighted by Gasteiger charge is 2.32. The molecule has 0 saturated heterocycles. The third-order valence-corrected chi connectivity index (χ3v) is 5.93. The third-order valence-electron chi connectivity index (χ3n) is 5.93. The average Bonchev–Trinajstić information content (AvgIpc) is 2.76. The van der Waals surface area contributed by atoms with Crippen molar-refractivity contribution in [2.45, 2.75) is 72.5 Å². The zero-order chi connectivity index (χ0) is 24.4. The fraction of sp³-hybridized carbons (Fsp3) is 0.625. The molecule has 1 aromatic carbocycles. The van der Waals surface area contributed by atoms with Crippen LogP contribution in [0.1, 0.15) is 53.5 Å². The van der Waals surface area contributed by atoms with Gasteiger partial charge >= 0.3 is 0 Å². The number of carbonyl (C=O) groups excluding carboxylic acids is 3. The highest BCUT2D eigenvalue weighted by molar-refractivity contribution is 6.01. The molecule has 5 N–H and O–H groups in total. The molecule has 0 spiro atoms. The Bertz CT molecular complexity index is 747. The number of amides is 3. The minimum Gasteiger partial charge on any atom is -0.508 e. The molecule has 32 heavy (non-hydrogen) atoms. The first-order chi connectivity index (χ1) is 15.0. The van der Waals surface area contributed by atoms with Crippen molar-refractivity contribution < 1.29 is 19.5 Å². The number of likely N-dealkylation sites (N-methyl/N-ethyl adjacent to an activating group) is 1. The number of rotatable bonds is 12. The summed E-state index contributed by atoms with van der Waals surface area (Å²) in [5, 5.41) is 14.7. The van der Waals surface area contributed by atoms with E-state index >= 15 is 0 Å². The molecule has 1 aromatic rings. The molecule has 0 aliphatic heterocycles. The van der Waals surface area contributed by atoms with Gasteiger partial charge in [0.25, 0.3) is 0 Å². The first-order valence-electron chi connectivity index (χ1n) is 11.5. The SMILES string of the molecule is CC[C@H](C)[C@@H](C(=O)NC(=O)[C@H](Cc1ccc(O)cc1)NC(=O)[C@@H](N)C(C)C)N(CC)CC. The molecule has 0 saturated carbocycles. The molecule has 3 amide bonds. The zero-order valence-corrected chi connectivity index (χ0v) is 20.2. The monoisotopic (exact) mass is 448 g/mol. The van der Waals surface area contributed by atoms with Gasteiger partial charge in [-0.2, -0.15) is 0 Å². The summed E-state index contributed by atoms with van der Waals surface area (Å²) in [4.78, 5) is 40.8. The summed E-state index contributed by atoms with van der Waals surface area (Å²) in [6, 6.07) is 4.17. The lowest BCUT2D eigenvalue weighted by atomic mass is 9.96. The summed E-state index contributed by atoms with van der Waals surface area (Å²) in [5.74, 6) is -1.34. The van der Waals surface area contributed by atoms with Crippen LogP contribution in [0.2, 0.25) is 0 Å². The maximum Gasteiger partial charge on any atom is 0.249 e. The number of nitrogens with zero attached hydrogens (tertiary/aromatic N) is 1. The number of nitrogens with two attached hydrogens (primary N) is 1. The molecule has 0 radical (unpaired) electrons. The van der Waals surface area contributed by atoms with Crippen molar-refractivity contribution in [3.63, 3.8) is 0 Å². The molecule has 180 valence electrons. The van der Waals surface area contributed by atoms with Crippen molar-refractivity contribution >= 4 is 17.7 Å². The Morgan fingerprint density at radius 1 is 0.969 bits per heavy atom. The van der Waals surface area contributed by atoms with Gasteiger partial charge in [-0.1, -0.05) is 60.1 Å². The van der Waals surface area contributed by atoms with Crippen LogP contribution in [0.5, 0.6) is 5.75 Å². The molecule has 0 unspecified atom stereocenters. The lowest BCUT2D eigenvalue weighted by molar-refractivity contribution is -0.137. The summed E-state index contributed by atoms with van der Waals surface area (Å²) < 4.78 is 0. The van der Waals surface area contributed by atoms with Gasteiger partial charge in [0.1, 0.15) is 11.8 Å². The predicted octanol–water partition coefficient (Wildman–Crippen LogP) is 1.80. The highest BCUT2D eigenvalue weighted by Crippen LogP contribution is 2.16. The molecular formula is C24H40N4O4. The number of hydrogen-bond donors (Lipinski definition) is 4. The maximum atomic E-state index is 13.1. The van der Waals surface area contributed by atoms with E-state index in [9.17, 15) is 19.5 Å². The van der Waals surface area contributed by atoms with Crippen molar-refractivity contribution in [2.24, 2.45) is 17.6 Å². The Hall–Kier alpha value is -2.45. The van der Waals surface area contributed by atoms with E-state index in [1.165, 1.54) is 12.1 Å². The van der Waals surface area contributed by atoms with E-state index in [1.807, 2.05) is 46.4 Å². The number of hydrogen-bond acceptors (Lipinski definition) is 6. The molecule has 1 rings (SSSR count). The number of phenolic OH excluding ortho intramolecular Hbond substituents is 1. The largest absolute Gasteiger partial charge is 0.508 e. The molecule has 0 aliphatic carbocycles. The van der Waals surface area contributed by atoms with Crippen LogP contribution >= 0.6 is 0 Å². The van der Waals surface area contributed by atoms with Gasteiger partial charge in [-0.05, 0) is 42.6 Å². The lowest BCUT2D eigenvalue weighted by Gasteiger charge is -2.33. The molecule has 0 bridgehead atoms. The lowest BCUT2D eigenvalue weighted by Crippen LogP contribution is -2.57. The van der Waals surface area contributed by atoms with Crippen LogP contribution < -0.4 is 16.4 Å². The number of benzene rings is 1. The van der Waals surface area contributed by atoms with E-state index in [-0.39, 0.29) is 29.9 Å². The Morgan fingerprint density at radius 3 is 2.00 bits per heavy atom. The van der Waals surface area contributed by atoms with E-state index in [4.69, 9.17) is 5.73 Å². The molecule has 0 aromatic heterocycles. The molecule has 8 heteroatoms. The summed E-state index contributed by atoms with van der Waals surface area (Å²) in [7, 11) is 0. The number of imide groups is 1. The van der Waals surface area contributed by atoms with Gasteiger partial charge in [0.2, 0.25) is 17.7 Å². The summed E-state index contributed by atoms with van der Waals surface area (Å²) in [6.45, 7) is 13.0. The van der Waals surface area contributed by atoms with Crippen molar-refractivity contribution in [1.29, 1.82) is 0 Å². The van der Waals surface area contributed by atoms with Crippen LogP contribution in [0.15, 0.2) is 24.3 Å². The van der Waals surface area contributed by atoms with Crippen molar-refractivity contribution in [1.82, 2.24) is 15.5 Å². The Kier molecular flexibility index (Phi) is 11.4. The van der Waals surface area contributed by atoms with Gasteiger partial charge in [-0.3, -0.25) is 24.6 Å². The number of carbonyl (C=O) groups is 3. The molecule has 0 heterocycles. The second-order valence-corrected chi connectivity index (χ2v) is 8.61. The molecule has 8 nitrogen and oxygen atoms in total. The van der Waals surface area contributed by atoms with Crippen molar-refractivity contribution in [2.75, 3.05) is 13.1 Å². The van der Waals surface area contributed by atoms with E-state index < -0.39 is 29.9 Å². The van der Waals surface area contributed by atoms with E-state index in [2.05, 4.69) is 10.6 Å². The topological polar surface area (TPSA) is 125 Å². The number of aromatic hydroxyl groups is 1. The van der Waals surface area contributed by atoms with Crippen LogP contribution in [0.25, 0.3) is 0 Å². The van der Waals surface area contributed by atoms with E-state index in [0.717, 1.165) is 12.0 Å². The summed E-state index contributed by atoms with van der Waals surface area (Å²) in [5.41, 5.74) is 6.69. The van der Waals surface area contributed by atoms with Crippen LogP contribution in [-0.2, 0) is 20.8 Å². The average molecular weight is 449 g/mol. The maximum absolute atomic E-state index is 13.1. The number of nitrogens with one attached hydrogen (secondary N) is 2. The Morgan fingerprint density at radius 2 is 1.53 bits per heavy atom. The minimum atomic E-state index is -0.977. The third kappa shape index (κ3) is 7.91. The molecule has 0 fully saturated rings. The first kappa shape index (κ1) is 27.6. The van der Waals surface area contributed by atoms with Gasteiger partial charge in [0, 0.05) is 6.42 Å². The van der Waals surface area contributed by atoms with Gasteiger partial charge in [-0.15, -0.1) is 0 Å². The fourth-order valence-electron chi connectivity index (χ4n) is 3.55. The van der Waals surface area contributed by atoms with Crippen molar-refractivity contribution in [3.05, 3.63) is 29.8 Å². The number of phenols is 1. The fourth-order valence-corrected chi connectivity index (χ4v) is 3.55. The first-order valence-corrected chi connectivity index (χ1v) is 11.5. The summed E-state index contributed by atoms with van der Waals surface area (Å²) in [6.07, 6.45) is 0.953. The second-order valence-electron chi connectivity index (χ2n) is 8.61. The van der Waals surface area contributed by atoms with Gasteiger partial charge in [0.15, 0.2) is 0 Å². The van der Waals surface area contributed by atoms with Gasteiger partial charge in [0.05, 0.1) is 12.1 Å². The smallest absolute Gasteiger partial charge is 0.249 e. The van der Waals surface area contributed by atoms with Crippen LogP contribution in [0, 0.1) is 11.8 Å². The van der Waals surface area contributed by atoms with Gasteiger partial charge in [-0.25, -0.2) is 0 Å². The van der Waals surface area contributed by atoms with Crippen molar-refractivity contribution in [3.8, 4) is 5.75 Å². The summed E-state index contributed by atoms with van der Waals surface area (Å²) >= 11 is 0. The predicted molar refractivity (Wildman–Crippen MR) is 126 cm³/mol. The quantitative estimate of drug-likeness (QED) is 0.386. The second kappa shape index (κ2) is 13.2. The normalized spacial score (nSPS) is 15.2. The molecule has 0 aliphatic rings. The van der Waals surface area contributed by atoms with E-state index in [1.54, 1.807) is 12.1 Å². The molecule has 4 atom stereocenters. The molecular weight excluding hydrogens is 408 g/mol. The van der Waals surface area contributed by atoms with Crippen LogP contribution in [0.3, 0.4) is 0 Å². The highest BCUT2D eigenvalue weighted by atomic mass is 16.3. The van der Waals surface area contributed by atoms with E-state index in [0.29, 0.717) is 13.1 Å². The van der Waals surface area contributed by atoms with Crippen LogP contribution in [0.4, 0.5) is 0 Å². The Balaban J connectivity index is 3.09. The van der Waals surface area contributed by atoms with Crippen LogP contribution in [-0.4, -0.2) is 58.9 Å². The van der Waals surface area contributed by atoms with Gasteiger partial charge < -0.3 is 16.2 Å². The minimum absolute atomic E-state index is 0.0576.